The third kappa shape index (κ3) is 3.93. The highest BCUT2D eigenvalue weighted by Gasteiger charge is 2.32. The summed E-state index contributed by atoms with van der Waals surface area (Å²) in [6.45, 7) is 4.17. The molecular formula is C16H23N5O3. The van der Waals surface area contributed by atoms with Crippen molar-refractivity contribution in [1.82, 2.24) is 15.6 Å². The molecule has 130 valence electrons. The van der Waals surface area contributed by atoms with Crippen LogP contribution in [0, 0.1) is 11.3 Å². The van der Waals surface area contributed by atoms with Gasteiger partial charge in [-0.1, -0.05) is 0 Å². The summed E-state index contributed by atoms with van der Waals surface area (Å²) in [5.74, 6) is -0.296. The van der Waals surface area contributed by atoms with Gasteiger partial charge < -0.3 is 25.8 Å². The van der Waals surface area contributed by atoms with Gasteiger partial charge in [-0.3, -0.25) is 4.79 Å². The molecule has 1 saturated heterocycles. The molecule has 2 heterocycles. The summed E-state index contributed by atoms with van der Waals surface area (Å²) in [6.07, 6.45) is 1.63. The number of rotatable bonds is 6. The van der Waals surface area contributed by atoms with Crippen molar-refractivity contribution in [3.8, 4) is 11.9 Å². The van der Waals surface area contributed by atoms with Crippen molar-refractivity contribution in [1.29, 1.82) is 5.26 Å². The zero-order valence-corrected chi connectivity index (χ0v) is 14.0. The second kappa shape index (κ2) is 7.95. The second-order valence-electron chi connectivity index (χ2n) is 5.64. The van der Waals surface area contributed by atoms with Crippen molar-refractivity contribution in [3.63, 3.8) is 0 Å². The second-order valence-corrected chi connectivity index (χ2v) is 5.64. The molecule has 1 aromatic rings. The van der Waals surface area contributed by atoms with Crippen LogP contribution >= 0.6 is 0 Å². The number of carbonyl (C=O) groups excluding carboxylic acids is 1. The van der Waals surface area contributed by atoms with Crippen LogP contribution in [-0.2, 0) is 4.74 Å². The molecule has 0 spiro atoms. The molecule has 1 fully saturated rings. The number of aromatic nitrogens is 1. The van der Waals surface area contributed by atoms with Crippen molar-refractivity contribution >= 4 is 11.6 Å². The number of nitrogen functional groups attached to an aromatic ring is 1. The fourth-order valence-electron chi connectivity index (χ4n) is 2.68. The van der Waals surface area contributed by atoms with Crippen LogP contribution in [0.2, 0.25) is 0 Å². The van der Waals surface area contributed by atoms with Crippen LogP contribution < -0.4 is 21.1 Å². The van der Waals surface area contributed by atoms with E-state index in [1.54, 1.807) is 14.0 Å². The van der Waals surface area contributed by atoms with E-state index in [2.05, 4.69) is 15.6 Å². The monoisotopic (exact) mass is 333 g/mol. The highest BCUT2D eigenvalue weighted by molar-refractivity contribution is 5.93. The zero-order chi connectivity index (χ0) is 17.6. The largest absolute Gasteiger partial charge is 0.477 e. The summed E-state index contributed by atoms with van der Waals surface area (Å²) in [6, 6.07) is 3.33. The van der Waals surface area contributed by atoms with Crippen LogP contribution in [0.1, 0.15) is 35.8 Å². The Kier molecular flexibility index (Phi) is 5.95. The molecule has 0 unspecified atom stereocenters. The molecule has 0 atom stereocenters. The molecule has 4 N–H and O–H groups in total. The maximum absolute atomic E-state index is 12.4. The SMILES string of the molecule is CCOc1nc(C(=O)NCC2(OC)CCNCC2)cc(N)c1C#N. The number of piperidine rings is 1. The van der Waals surface area contributed by atoms with E-state index in [1.165, 1.54) is 6.07 Å². The first-order chi connectivity index (χ1) is 11.5. The first-order valence-electron chi connectivity index (χ1n) is 7.92. The Labute approximate surface area is 141 Å². The lowest BCUT2D eigenvalue weighted by Gasteiger charge is -2.36. The Morgan fingerprint density at radius 3 is 2.83 bits per heavy atom. The summed E-state index contributed by atoms with van der Waals surface area (Å²) < 4.78 is 10.9. The highest BCUT2D eigenvalue weighted by Crippen LogP contribution is 2.24. The number of nitrogens with zero attached hydrogens (tertiary/aromatic N) is 2. The molecule has 0 bridgehead atoms. The van der Waals surface area contributed by atoms with Gasteiger partial charge in [0, 0.05) is 13.7 Å². The fourth-order valence-corrected chi connectivity index (χ4v) is 2.68. The molecule has 0 saturated carbocycles. The number of nitriles is 1. The summed E-state index contributed by atoms with van der Waals surface area (Å²) in [5, 5.41) is 15.2. The molecule has 0 aromatic carbocycles. The van der Waals surface area contributed by atoms with Crippen LogP contribution in [-0.4, -0.2) is 49.8 Å². The summed E-state index contributed by atoms with van der Waals surface area (Å²) in [4.78, 5) is 16.5. The van der Waals surface area contributed by atoms with Crippen LogP contribution in [0.4, 0.5) is 5.69 Å². The molecule has 8 nitrogen and oxygen atoms in total. The predicted molar refractivity (Wildman–Crippen MR) is 88.7 cm³/mol. The molecule has 0 radical (unpaired) electrons. The Morgan fingerprint density at radius 2 is 2.25 bits per heavy atom. The topological polar surface area (TPSA) is 122 Å². The van der Waals surface area contributed by atoms with Crippen molar-refractivity contribution in [2.24, 2.45) is 0 Å². The van der Waals surface area contributed by atoms with Gasteiger partial charge in [-0.25, -0.2) is 4.98 Å². The normalized spacial score (nSPS) is 16.2. The van der Waals surface area contributed by atoms with E-state index in [0.29, 0.717) is 13.2 Å². The van der Waals surface area contributed by atoms with Gasteiger partial charge in [0.15, 0.2) is 0 Å². The quantitative estimate of drug-likeness (QED) is 0.690. The molecule has 0 aliphatic carbocycles. The minimum atomic E-state index is -0.373. The van der Waals surface area contributed by atoms with Crippen molar-refractivity contribution < 1.29 is 14.3 Å². The summed E-state index contributed by atoms with van der Waals surface area (Å²) in [7, 11) is 1.66. The van der Waals surface area contributed by atoms with Crippen LogP contribution in [0.5, 0.6) is 5.88 Å². The van der Waals surface area contributed by atoms with Crippen LogP contribution in [0.3, 0.4) is 0 Å². The lowest BCUT2D eigenvalue weighted by atomic mass is 9.92. The number of hydrogen-bond acceptors (Lipinski definition) is 7. The Morgan fingerprint density at radius 1 is 1.54 bits per heavy atom. The zero-order valence-electron chi connectivity index (χ0n) is 14.0. The van der Waals surface area contributed by atoms with Gasteiger partial charge >= 0.3 is 0 Å². The summed E-state index contributed by atoms with van der Waals surface area (Å²) >= 11 is 0. The van der Waals surface area contributed by atoms with Gasteiger partial charge in [-0.2, -0.15) is 5.26 Å². The minimum Gasteiger partial charge on any atom is -0.477 e. The number of nitrogens with one attached hydrogen (secondary N) is 2. The first-order valence-corrected chi connectivity index (χ1v) is 7.92. The molecule has 1 aliphatic heterocycles. The third-order valence-corrected chi connectivity index (χ3v) is 4.16. The third-order valence-electron chi connectivity index (χ3n) is 4.16. The van der Waals surface area contributed by atoms with E-state index in [0.717, 1.165) is 25.9 Å². The Balaban J connectivity index is 2.13. The number of amides is 1. The minimum absolute atomic E-state index is 0.0773. The van der Waals surface area contributed by atoms with Gasteiger partial charge in [0.25, 0.3) is 5.91 Å². The molecule has 8 heteroatoms. The average Bonchev–Trinajstić information content (AvgIpc) is 2.60. The molecular weight excluding hydrogens is 310 g/mol. The standard InChI is InChI=1S/C16H23N5O3/c1-3-24-15-11(9-17)12(18)8-13(21-15)14(22)20-10-16(23-2)4-6-19-7-5-16/h8,19H,3-7,10H2,1-2H3,(H2,18,21)(H,20,22). The number of nitrogens with two attached hydrogens (primary N) is 1. The average molecular weight is 333 g/mol. The van der Waals surface area contributed by atoms with E-state index in [4.69, 9.17) is 20.5 Å². The van der Waals surface area contributed by atoms with Gasteiger partial charge in [0.05, 0.1) is 17.9 Å². The van der Waals surface area contributed by atoms with Crippen molar-refractivity contribution in [3.05, 3.63) is 17.3 Å². The van der Waals surface area contributed by atoms with E-state index in [9.17, 15) is 4.79 Å². The van der Waals surface area contributed by atoms with Gasteiger partial charge in [-0.15, -0.1) is 0 Å². The number of methoxy groups -OCH3 is 1. The highest BCUT2D eigenvalue weighted by atomic mass is 16.5. The number of ether oxygens (including phenoxy) is 2. The van der Waals surface area contributed by atoms with Crippen molar-refractivity contribution in [2.75, 3.05) is 39.1 Å². The Bertz CT molecular complexity index is 635. The predicted octanol–water partition coefficient (Wildman–Crippen LogP) is 0.433. The molecule has 1 aromatic heterocycles. The van der Waals surface area contributed by atoms with E-state index in [1.807, 2.05) is 6.07 Å². The van der Waals surface area contributed by atoms with Crippen molar-refractivity contribution in [2.45, 2.75) is 25.4 Å². The maximum atomic E-state index is 12.4. The molecule has 2 rings (SSSR count). The van der Waals surface area contributed by atoms with Gasteiger partial charge in [-0.05, 0) is 38.9 Å². The van der Waals surface area contributed by atoms with E-state index >= 15 is 0 Å². The van der Waals surface area contributed by atoms with Crippen LogP contribution in [0.25, 0.3) is 0 Å². The number of anilines is 1. The van der Waals surface area contributed by atoms with E-state index < -0.39 is 0 Å². The Hall–Kier alpha value is -2.37. The molecule has 24 heavy (non-hydrogen) atoms. The number of pyridine rings is 1. The van der Waals surface area contributed by atoms with Gasteiger partial charge in [0.1, 0.15) is 17.3 Å². The molecule has 1 aliphatic rings. The van der Waals surface area contributed by atoms with E-state index in [-0.39, 0.29) is 34.3 Å². The fraction of sp³-hybridized carbons (Fsp3) is 0.562. The van der Waals surface area contributed by atoms with Crippen LogP contribution in [0.15, 0.2) is 6.07 Å². The smallest absolute Gasteiger partial charge is 0.270 e. The molecule has 1 amide bonds. The lowest BCUT2D eigenvalue weighted by molar-refractivity contribution is -0.0313. The number of carbonyl (C=O) groups is 1. The lowest BCUT2D eigenvalue weighted by Crippen LogP contribution is -2.51. The summed E-state index contributed by atoms with van der Waals surface area (Å²) in [5.41, 5.74) is 5.89. The maximum Gasteiger partial charge on any atom is 0.270 e. The first kappa shape index (κ1) is 18.0. The van der Waals surface area contributed by atoms with Gasteiger partial charge in [0.2, 0.25) is 5.88 Å². The number of hydrogen-bond donors (Lipinski definition) is 3.